The number of unbranched alkanes of at least 4 members (excludes halogenated alkanes) is 2. The maximum atomic E-state index is 14.2. The quantitative estimate of drug-likeness (QED) is 0.0474. The van der Waals surface area contributed by atoms with Crippen LogP contribution in [0.2, 0.25) is 0 Å². The van der Waals surface area contributed by atoms with E-state index in [1.165, 1.54) is 164 Å². The smallest absolute Gasteiger partial charge is 0.194 e. The summed E-state index contributed by atoms with van der Waals surface area (Å²) >= 11 is 0. The molecule has 0 aliphatic carbocycles. The minimum atomic E-state index is -8.62. The molecule has 126 heavy (non-hydrogen) atoms. The molecule has 0 saturated carbocycles. The number of hydrogen-bond donors (Lipinski definition) is 0. The van der Waals surface area contributed by atoms with Crippen molar-refractivity contribution in [3.63, 3.8) is 0 Å². The van der Waals surface area contributed by atoms with E-state index in [-0.39, 0.29) is 23.3 Å². The fraction of sp³-hybridized carbons (Fsp3) is 0.562. The molecule has 0 amide bonds. The Hall–Kier alpha value is -7.56. The molecule has 0 aliphatic heterocycles. The van der Waals surface area contributed by atoms with Crippen LogP contribution in [-0.4, -0.2) is 71.6 Å². The molecule has 0 atom stereocenters. The van der Waals surface area contributed by atoms with Crippen molar-refractivity contribution in [1.82, 2.24) is 0 Å². The Morgan fingerprint density at radius 3 is 0.635 bits per heavy atom. The van der Waals surface area contributed by atoms with Crippen LogP contribution in [0.3, 0.4) is 0 Å². The zero-order valence-corrected chi connectivity index (χ0v) is 76.2. The molecule has 0 heterocycles. The van der Waals surface area contributed by atoms with Crippen molar-refractivity contribution in [2.75, 3.05) is 0 Å². The Bertz CT molecular complexity index is 4460. The molecule has 30 heteroatoms. The van der Waals surface area contributed by atoms with Crippen molar-refractivity contribution < 1.29 is 132 Å². The van der Waals surface area contributed by atoms with Crippen LogP contribution in [0, 0.1) is 111 Å². The van der Waals surface area contributed by atoms with Crippen molar-refractivity contribution in [3.8, 4) is 0 Å². The van der Waals surface area contributed by atoms with Crippen LogP contribution in [0.25, 0.3) is 0 Å². The van der Waals surface area contributed by atoms with Crippen LogP contribution >= 0.6 is 0 Å². The molecule has 0 spiro atoms. The van der Waals surface area contributed by atoms with Gasteiger partial charge in [-0.2, -0.15) is 132 Å². The molecule has 0 aromatic heterocycles. The second-order valence-electron chi connectivity index (χ2n) is 33.0. The summed E-state index contributed by atoms with van der Waals surface area (Å²) in [5.41, 5.74) is 22.9. The highest BCUT2D eigenvalue weighted by molar-refractivity contribution is 5.44. The maximum absolute atomic E-state index is 14.2. The molecule has 0 saturated heterocycles. The van der Waals surface area contributed by atoms with E-state index in [0.717, 1.165) is 44.9 Å². The molecule has 0 radical (unpaired) electrons. The molecule has 714 valence electrons. The average Bonchev–Trinajstić information content (AvgIpc) is 0.699. The van der Waals surface area contributed by atoms with Gasteiger partial charge in [-0.3, -0.25) is 0 Å². The summed E-state index contributed by atoms with van der Waals surface area (Å²) < 4.78 is 396. The number of halogens is 30. The van der Waals surface area contributed by atoms with Crippen LogP contribution in [0.4, 0.5) is 132 Å². The zero-order valence-electron chi connectivity index (χ0n) is 76.2. The summed E-state index contributed by atoms with van der Waals surface area (Å²) in [7, 11) is 0. The molecule has 0 unspecified atom stereocenters. The molecule has 7 rings (SSSR count). The van der Waals surface area contributed by atoms with Gasteiger partial charge in [0.2, 0.25) is 0 Å². The van der Waals surface area contributed by atoms with Gasteiger partial charge >= 0.3 is 83.4 Å². The summed E-state index contributed by atoms with van der Waals surface area (Å²) in [5, 5.41) is 0. The number of aryl methyl sites for hydroxylation is 22. The fourth-order valence-electron chi connectivity index (χ4n) is 13.5. The molecular formula is C96H120F30. The highest BCUT2D eigenvalue weighted by Gasteiger charge is 2.96. The predicted octanol–water partition coefficient (Wildman–Crippen LogP) is 34.4. The van der Waals surface area contributed by atoms with Crippen molar-refractivity contribution in [1.29, 1.82) is 0 Å². The lowest BCUT2D eigenvalue weighted by Gasteiger charge is -2.43. The van der Waals surface area contributed by atoms with Gasteiger partial charge in [-0.05, 0) is 309 Å². The second-order valence-corrected chi connectivity index (χ2v) is 33.0. The molecule has 0 bridgehead atoms. The largest absolute Gasteiger partial charge is 0.460 e. The first-order valence-corrected chi connectivity index (χ1v) is 41.2. The van der Waals surface area contributed by atoms with Gasteiger partial charge in [0.1, 0.15) is 0 Å². The van der Waals surface area contributed by atoms with Gasteiger partial charge in [0.25, 0.3) is 0 Å². The van der Waals surface area contributed by atoms with Gasteiger partial charge in [-0.25, -0.2) is 0 Å². The maximum Gasteiger partial charge on any atom is 0.460 e. The van der Waals surface area contributed by atoms with Gasteiger partial charge in [-0.1, -0.05) is 191 Å². The van der Waals surface area contributed by atoms with Crippen molar-refractivity contribution in [3.05, 3.63) is 242 Å². The minimum Gasteiger partial charge on any atom is -0.194 e. The lowest BCUT2D eigenvalue weighted by Crippen LogP contribution is -2.74. The van der Waals surface area contributed by atoms with Gasteiger partial charge in [0.05, 0.1) is 0 Å². The summed E-state index contributed by atoms with van der Waals surface area (Å²) in [4.78, 5) is 0. The Morgan fingerprint density at radius 2 is 0.421 bits per heavy atom. The highest BCUT2D eigenvalue weighted by atomic mass is 19.4. The van der Waals surface area contributed by atoms with Gasteiger partial charge in [0.15, 0.2) is 0 Å². The van der Waals surface area contributed by atoms with E-state index in [1.807, 2.05) is 0 Å². The first kappa shape index (κ1) is 116. The van der Waals surface area contributed by atoms with Crippen LogP contribution in [0.15, 0.2) is 97.1 Å². The van der Waals surface area contributed by atoms with Crippen LogP contribution < -0.4 is 0 Å². The molecule has 7 aromatic carbocycles. The van der Waals surface area contributed by atoms with Crippen LogP contribution in [0.1, 0.15) is 264 Å². The minimum absolute atomic E-state index is 0.0159. The third-order valence-corrected chi connectivity index (χ3v) is 21.9. The lowest BCUT2D eigenvalue weighted by molar-refractivity contribution is -0.462. The molecule has 0 fully saturated rings. The molecule has 0 N–H and O–H groups in total. The predicted molar refractivity (Wildman–Crippen MR) is 442 cm³/mol. The number of hydrogen-bond acceptors (Lipinski definition) is 0. The number of benzene rings is 7. The van der Waals surface area contributed by atoms with E-state index < -0.39 is 106 Å². The highest BCUT2D eigenvalue weighted by Crippen LogP contribution is 2.66. The fourth-order valence-corrected chi connectivity index (χ4v) is 13.5. The Morgan fingerprint density at radius 1 is 0.206 bits per heavy atom. The standard InChI is InChI=1S/C16H9F17.C16H26.C14H9F13.2C14H22.C12H18.C10H14/c1-6-3-4-7(2)8(5-6)9(17,18)10(19,20)11(21,22)12(23,24)13(25,26)14(27,28)15(29,30)16(31,32)33;1-5-7-9-15-11-14(4)16(10-8-6-2)12-13(15)3;1-6-3-4-7(2)8(5-6)9(15,16)10(17,18)11(19,20)12(21,22)13(23,24)14(25,26)27;1-9(2)13-7-12(6)14(10(3)4)8-11(13)5;1-5-7-13-9-12(4)14(8-6-2)10-11(13)3;1-5-11-7-10(4)12(6-2)8-9(11)3;1-7-5-9(3)10(4)6-8(7)2/h3-5H,1-2H3;11-12H,5-10H2,1-4H3;3-5H,1-2H3;7-10H,1-6H3;9-10H,5-8H2,1-4H3;7-8H,5-6H2,1-4H3;5-6H,1-4H3. The molecule has 0 nitrogen and oxygen atoms in total. The van der Waals surface area contributed by atoms with Gasteiger partial charge in [-0.15, -0.1) is 0 Å². The van der Waals surface area contributed by atoms with E-state index in [4.69, 9.17) is 0 Å². The van der Waals surface area contributed by atoms with E-state index in [9.17, 15) is 132 Å². The average molecular weight is 1840 g/mol. The summed E-state index contributed by atoms with van der Waals surface area (Å²) in [6, 6.07) is 26.9. The second kappa shape index (κ2) is 44.8. The van der Waals surface area contributed by atoms with Gasteiger partial charge in [0, 0.05) is 11.1 Å². The van der Waals surface area contributed by atoms with Crippen molar-refractivity contribution >= 4 is 0 Å². The monoisotopic (exact) mass is 1840 g/mol. The first-order chi connectivity index (χ1) is 56.9. The van der Waals surface area contributed by atoms with Crippen LogP contribution in [0.5, 0.6) is 0 Å². The van der Waals surface area contributed by atoms with Gasteiger partial charge < -0.3 is 0 Å². The van der Waals surface area contributed by atoms with E-state index >= 15 is 0 Å². The van der Waals surface area contributed by atoms with E-state index in [0.29, 0.717) is 31.7 Å². The van der Waals surface area contributed by atoms with E-state index in [1.54, 1.807) is 11.1 Å². The molecule has 7 aromatic rings. The zero-order chi connectivity index (χ0) is 99.0. The molecule has 0 aliphatic rings. The lowest BCUT2D eigenvalue weighted by atomic mass is 9.86. The SMILES string of the molecule is CCCCc1cc(C)c(CCCC)cc1C.CCCc1cc(C)c(CCC)cc1C.CCc1cc(C)c(CC)cc1C.Cc1cc(C(C)C)c(C)cc1C(C)C.Cc1cc(C)c(C)cc1C.Cc1ccc(C)c(C(F)(F)C(F)(F)C(F)(F)C(F)(F)C(F)(F)C(F)(F)C(F)(F)C(F)(F)F)c1.Cc1ccc(C)c(C(F)(F)C(F)(F)C(F)(F)C(F)(F)C(F)(F)C(F)(F)F)c1. The summed E-state index contributed by atoms with van der Waals surface area (Å²) in [5.74, 6) is -92.0. The number of rotatable bonds is 26. The van der Waals surface area contributed by atoms with E-state index in [2.05, 4.69) is 213 Å². The molecular weight excluding hydrogens is 1720 g/mol. The van der Waals surface area contributed by atoms with Crippen LogP contribution in [-0.2, 0) is 50.4 Å². The normalized spacial score (nSPS) is 13.0. The summed E-state index contributed by atoms with van der Waals surface area (Å²) in [6.07, 6.45) is -0.253. The first-order valence-electron chi connectivity index (χ1n) is 41.2. The Labute approximate surface area is 722 Å². The van der Waals surface area contributed by atoms with Crippen molar-refractivity contribution in [2.24, 2.45) is 0 Å². The Balaban J connectivity index is 0.000000765. The third-order valence-electron chi connectivity index (χ3n) is 21.9. The summed E-state index contributed by atoms with van der Waals surface area (Å²) in [6.45, 7) is 52.1. The number of alkyl halides is 30. The third kappa shape index (κ3) is 26.0. The topological polar surface area (TPSA) is 0 Å². The Kier molecular flexibility index (Phi) is 41.4. The van der Waals surface area contributed by atoms with Crippen molar-refractivity contribution in [2.45, 2.75) is 352 Å².